The predicted octanol–water partition coefficient (Wildman–Crippen LogP) is 1.72. The molecule has 1 amide bonds. The van der Waals surface area contributed by atoms with E-state index in [2.05, 4.69) is 15.6 Å². The van der Waals surface area contributed by atoms with E-state index in [0.717, 1.165) is 5.56 Å². The minimum atomic E-state index is -1.10. The zero-order valence-electron chi connectivity index (χ0n) is 15.2. The van der Waals surface area contributed by atoms with Crippen molar-refractivity contribution in [3.63, 3.8) is 0 Å². The van der Waals surface area contributed by atoms with Crippen molar-refractivity contribution in [2.45, 2.75) is 45.4 Å². The van der Waals surface area contributed by atoms with Crippen LogP contribution >= 0.6 is 0 Å². The summed E-state index contributed by atoms with van der Waals surface area (Å²) in [6.07, 6.45) is 1.83. The molecule has 140 valence electrons. The largest absolute Gasteiger partial charge is 0.480 e. The molecule has 0 aliphatic carbocycles. The molecule has 0 aliphatic rings. The number of carbonyl (C=O) groups excluding carboxylic acids is 1. The van der Waals surface area contributed by atoms with Crippen molar-refractivity contribution in [3.8, 4) is 11.3 Å². The quantitative estimate of drug-likeness (QED) is 0.742. The summed E-state index contributed by atoms with van der Waals surface area (Å²) in [4.78, 5) is 23.5. The van der Waals surface area contributed by atoms with E-state index < -0.39 is 17.9 Å². The number of aromatic nitrogens is 3. The summed E-state index contributed by atoms with van der Waals surface area (Å²) in [5.41, 5.74) is 1.18. The highest BCUT2D eigenvalue weighted by Gasteiger charge is 2.21. The average Bonchev–Trinajstić information content (AvgIpc) is 3.02. The molecule has 0 saturated carbocycles. The van der Waals surface area contributed by atoms with Gasteiger partial charge in [-0.15, -0.1) is 5.10 Å². The van der Waals surface area contributed by atoms with Crippen LogP contribution in [-0.2, 0) is 20.9 Å². The van der Waals surface area contributed by atoms with Crippen molar-refractivity contribution in [1.82, 2.24) is 20.3 Å². The van der Waals surface area contributed by atoms with Gasteiger partial charge in [-0.2, -0.15) is 0 Å². The SMILES string of the molecule is CC(C)(C)OCCC(NC(=O)Cn1cc(-c2ccccc2)nn1)C(=O)O. The van der Waals surface area contributed by atoms with Gasteiger partial charge in [-0.3, -0.25) is 4.79 Å². The first-order valence-corrected chi connectivity index (χ1v) is 8.36. The molecule has 1 aromatic carbocycles. The normalized spacial score (nSPS) is 12.6. The number of benzene rings is 1. The summed E-state index contributed by atoms with van der Waals surface area (Å²) in [5, 5.41) is 19.7. The zero-order chi connectivity index (χ0) is 19.2. The van der Waals surface area contributed by atoms with Crippen LogP contribution in [0.4, 0.5) is 0 Å². The molecule has 1 unspecified atom stereocenters. The summed E-state index contributed by atoms with van der Waals surface area (Å²) in [5.74, 6) is -1.54. The number of aliphatic carboxylic acids is 1. The number of amides is 1. The van der Waals surface area contributed by atoms with E-state index >= 15 is 0 Å². The Bertz CT molecular complexity index is 737. The highest BCUT2D eigenvalue weighted by Crippen LogP contribution is 2.14. The van der Waals surface area contributed by atoms with E-state index in [9.17, 15) is 14.7 Å². The van der Waals surface area contributed by atoms with E-state index in [-0.39, 0.29) is 25.2 Å². The van der Waals surface area contributed by atoms with Gasteiger partial charge in [0.2, 0.25) is 5.91 Å². The number of carbonyl (C=O) groups is 2. The minimum Gasteiger partial charge on any atom is -0.480 e. The van der Waals surface area contributed by atoms with E-state index in [1.165, 1.54) is 4.68 Å². The Morgan fingerprint density at radius 2 is 1.96 bits per heavy atom. The lowest BCUT2D eigenvalue weighted by Crippen LogP contribution is -2.43. The van der Waals surface area contributed by atoms with Crippen LogP contribution in [0.3, 0.4) is 0 Å². The first kappa shape index (κ1) is 19.6. The van der Waals surface area contributed by atoms with Crippen LogP contribution in [0.2, 0.25) is 0 Å². The second kappa shape index (κ2) is 8.57. The highest BCUT2D eigenvalue weighted by atomic mass is 16.5. The molecule has 0 fully saturated rings. The van der Waals surface area contributed by atoms with Gasteiger partial charge in [0.25, 0.3) is 0 Å². The molecule has 2 aromatic rings. The number of hydrogen-bond acceptors (Lipinski definition) is 5. The van der Waals surface area contributed by atoms with Gasteiger partial charge in [0.1, 0.15) is 18.3 Å². The number of hydrogen-bond donors (Lipinski definition) is 2. The second-order valence-corrected chi connectivity index (χ2v) is 6.88. The van der Waals surface area contributed by atoms with Crippen molar-refractivity contribution in [2.75, 3.05) is 6.61 Å². The van der Waals surface area contributed by atoms with E-state index in [1.807, 2.05) is 51.1 Å². The number of nitrogens with one attached hydrogen (secondary N) is 1. The van der Waals surface area contributed by atoms with E-state index in [0.29, 0.717) is 5.69 Å². The first-order valence-electron chi connectivity index (χ1n) is 8.36. The molecule has 1 heterocycles. The van der Waals surface area contributed by atoms with Crippen molar-refractivity contribution in [3.05, 3.63) is 36.5 Å². The standard InChI is InChI=1S/C18H24N4O4/c1-18(2,3)26-10-9-14(17(24)25)19-16(23)12-22-11-15(20-21-22)13-7-5-4-6-8-13/h4-8,11,14H,9-10,12H2,1-3H3,(H,19,23)(H,24,25). The third-order valence-electron chi connectivity index (χ3n) is 3.49. The molecule has 2 rings (SSSR count). The Kier molecular flexibility index (Phi) is 6.46. The van der Waals surface area contributed by atoms with E-state index in [4.69, 9.17) is 4.74 Å². The maximum Gasteiger partial charge on any atom is 0.326 e. The number of nitrogens with zero attached hydrogens (tertiary/aromatic N) is 3. The molecular formula is C18H24N4O4. The van der Waals surface area contributed by atoms with Crippen LogP contribution in [0.15, 0.2) is 36.5 Å². The Morgan fingerprint density at radius 1 is 1.27 bits per heavy atom. The van der Waals surface area contributed by atoms with Gasteiger partial charge in [0.05, 0.1) is 11.8 Å². The molecule has 8 heteroatoms. The molecule has 0 bridgehead atoms. The van der Waals surface area contributed by atoms with Gasteiger partial charge in [0.15, 0.2) is 0 Å². The van der Waals surface area contributed by atoms with Crippen molar-refractivity contribution in [1.29, 1.82) is 0 Å². The fourth-order valence-electron chi connectivity index (χ4n) is 2.24. The maximum absolute atomic E-state index is 12.1. The fourth-order valence-corrected chi connectivity index (χ4v) is 2.24. The third kappa shape index (κ3) is 6.29. The lowest BCUT2D eigenvalue weighted by molar-refractivity contribution is -0.143. The molecule has 0 radical (unpaired) electrons. The maximum atomic E-state index is 12.1. The molecule has 8 nitrogen and oxygen atoms in total. The second-order valence-electron chi connectivity index (χ2n) is 6.88. The number of carboxylic acids is 1. The number of carboxylic acid groups (broad SMARTS) is 1. The Morgan fingerprint density at radius 3 is 2.58 bits per heavy atom. The van der Waals surface area contributed by atoms with Crippen LogP contribution in [0, 0.1) is 0 Å². The van der Waals surface area contributed by atoms with E-state index in [1.54, 1.807) is 6.20 Å². The van der Waals surface area contributed by atoms with Crippen LogP contribution < -0.4 is 5.32 Å². The van der Waals surface area contributed by atoms with Gasteiger partial charge in [-0.1, -0.05) is 35.5 Å². The minimum absolute atomic E-state index is 0.107. The molecular weight excluding hydrogens is 336 g/mol. The van der Waals surface area contributed by atoms with Gasteiger partial charge in [-0.05, 0) is 20.8 Å². The average molecular weight is 360 g/mol. The lowest BCUT2D eigenvalue weighted by atomic mass is 10.1. The van der Waals surface area contributed by atoms with Gasteiger partial charge in [0, 0.05) is 18.6 Å². The molecule has 1 aromatic heterocycles. The fraction of sp³-hybridized carbons (Fsp3) is 0.444. The van der Waals surface area contributed by atoms with Crippen LogP contribution in [0.5, 0.6) is 0 Å². The summed E-state index contributed by atoms with van der Waals surface area (Å²) in [6.45, 7) is 5.79. The lowest BCUT2D eigenvalue weighted by Gasteiger charge is -2.21. The highest BCUT2D eigenvalue weighted by molar-refractivity contribution is 5.83. The molecule has 2 N–H and O–H groups in total. The van der Waals surface area contributed by atoms with Gasteiger partial charge in [-0.25, -0.2) is 9.48 Å². The Labute approximate surface area is 152 Å². The van der Waals surface area contributed by atoms with Crippen molar-refractivity contribution >= 4 is 11.9 Å². The first-order chi connectivity index (χ1) is 12.2. The molecule has 0 saturated heterocycles. The van der Waals surface area contributed by atoms with Crippen LogP contribution in [0.25, 0.3) is 11.3 Å². The predicted molar refractivity (Wildman–Crippen MR) is 95.3 cm³/mol. The van der Waals surface area contributed by atoms with Gasteiger partial charge >= 0.3 is 5.97 Å². The van der Waals surface area contributed by atoms with Crippen molar-refractivity contribution < 1.29 is 19.4 Å². The Balaban J connectivity index is 1.90. The van der Waals surface area contributed by atoms with Crippen LogP contribution in [0.1, 0.15) is 27.2 Å². The topological polar surface area (TPSA) is 106 Å². The summed E-state index contributed by atoms with van der Waals surface area (Å²) in [6, 6.07) is 8.45. The molecule has 0 aliphatic heterocycles. The third-order valence-corrected chi connectivity index (χ3v) is 3.49. The Hall–Kier alpha value is -2.74. The van der Waals surface area contributed by atoms with Crippen LogP contribution in [-0.4, -0.2) is 50.2 Å². The number of rotatable bonds is 8. The summed E-state index contributed by atoms with van der Waals surface area (Å²) >= 11 is 0. The molecule has 26 heavy (non-hydrogen) atoms. The monoisotopic (exact) mass is 360 g/mol. The number of ether oxygens (including phenoxy) is 1. The molecule has 0 spiro atoms. The smallest absolute Gasteiger partial charge is 0.326 e. The summed E-state index contributed by atoms with van der Waals surface area (Å²) in [7, 11) is 0. The summed E-state index contributed by atoms with van der Waals surface area (Å²) < 4.78 is 6.90. The molecule has 1 atom stereocenters. The van der Waals surface area contributed by atoms with Crippen molar-refractivity contribution in [2.24, 2.45) is 0 Å². The zero-order valence-corrected chi connectivity index (χ0v) is 15.2. The van der Waals surface area contributed by atoms with Gasteiger partial charge < -0.3 is 15.2 Å².